The van der Waals surface area contributed by atoms with Crippen LogP contribution in [0.5, 0.6) is 0 Å². The van der Waals surface area contributed by atoms with E-state index in [1.165, 1.54) is 23.5 Å². The molecular weight excluding hydrogens is 410 g/mol. The van der Waals surface area contributed by atoms with Gasteiger partial charge in [-0.25, -0.2) is 23.7 Å². The summed E-state index contributed by atoms with van der Waals surface area (Å²) in [5.41, 5.74) is 7.66. The number of nitrogens with two attached hydrogens (primary N) is 1. The van der Waals surface area contributed by atoms with Crippen molar-refractivity contribution in [2.45, 2.75) is 19.0 Å². The predicted octanol–water partition coefficient (Wildman–Crippen LogP) is 3.07. The second-order valence-corrected chi connectivity index (χ2v) is 8.31. The average molecular weight is 428 g/mol. The van der Waals surface area contributed by atoms with Crippen LogP contribution in [0.2, 0.25) is 0 Å². The van der Waals surface area contributed by atoms with E-state index in [0.717, 1.165) is 5.69 Å². The number of benzene rings is 1. The Hall–Kier alpha value is -3.14. The maximum Gasteiger partial charge on any atom is 0.270 e. The minimum absolute atomic E-state index is 0.00501. The van der Waals surface area contributed by atoms with E-state index in [1.54, 1.807) is 23.4 Å². The summed E-state index contributed by atoms with van der Waals surface area (Å²) in [7, 11) is 0. The lowest BCUT2D eigenvalue weighted by molar-refractivity contribution is 0.0984. The summed E-state index contributed by atoms with van der Waals surface area (Å²) in [5.74, 6) is -0.200. The van der Waals surface area contributed by atoms with E-state index >= 15 is 0 Å². The van der Waals surface area contributed by atoms with Gasteiger partial charge in [0.2, 0.25) is 5.95 Å². The predicted molar refractivity (Wildman–Crippen MR) is 111 cm³/mol. The minimum Gasteiger partial charge on any atom is -0.396 e. The van der Waals surface area contributed by atoms with Gasteiger partial charge in [0.25, 0.3) is 5.91 Å². The van der Waals surface area contributed by atoms with Crippen LogP contribution in [0, 0.1) is 5.82 Å². The zero-order valence-corrected chi connectivity index (χ0v) is 16.7. The molecule has 0 bridgehead atoms. The Labute approximate surface area is 175 Å². The molecule has 1 atom stereocenters. The molecule has 5 rings (SSSR count). The summed E-state index contributed by atoms with van der Waals surface area (Å²) >= 11 is 1.28. The Balaban J connectivity index is 1.39. The zero-order chi connectivity index (χ0) is 20.8. The van der Waals surface area contributed by atoms with Crippen molar-refractivity contribution in [1.29, 1.82) is 0 Å². The third kappa shape index (κ3) is 3.26. The Bertz CT molecular complexity index is 1120. The standard InChI is InChI=1S/C20H18F2N6OS/c21-12-3-5-27(10-12)20-24-8-11(9-25-20)18-26-16-4-6-28(19(29)17(16)30-18)13-1-2-14(22)15(23)7-13/h1-2,7-9,12H,3-6,10,23H2. The molecule has 2 aliphatic heterocycles. The molecule has 0 aliphatic carbocycles. The number of fused-ring (bicyclic) bond motifs is 1. The van der Waals surface area contributed by atoms with Gasteiger partial charge in [-0.1, -0.05) is 0 Å². The van der Waals surface area contributed by atoms with Crippen molar-refractivity contribution in [3.05, 3.63) is 47.0 Å². The van der Waals surface area contributed by atoms with E-state index < -0.39 is 12.0 Å². The zero-order valence-electron chi connectivity index (χ0n) is 15.9. The van der Waals surface area contributed by atoms with Crippen molar-refractivity contribution in [1.82, 2.24) is 15.0 Å². The lowest BCUT2D eigenvalue weighted by Gasteiger charge is -2.26. The largest absolute Gasteiger partial charge is 0.396 e. The van der Waals surface area contributed by atoms with Crippen LogP contribution < -0.4 is 15.5 Å². The molecule has 2 aliphatic rings. The summed E-state index contributed by atoms with van der Waals surface area (Å²) in [6.45, 7) is 1.35. The molecule has 2 aromatic heterocycles. The first-order valence-electron chi connectivity index (χ1n) is 9.57. The number of thiazole rings is 1. The van der Waals surface area contributed by atoms with E-state index in [9.17, 15) is 13.6 Å². The van der Waals surface area contributed by atoms with E-state index in [0.29, 0.717) is 59.6 Å². The Morgan fingerprint density at radius 3 is 2.70 bits per heavy atom. The number of hydrogen-bond acceptors (Lipinski definition) is 7. The number of anilines is 3. The maximum absolute atomic E-state index is 13.5. The summed E-state index contributed by atoms with van der Waals surface area (Å²) in [6.07, 6.45) is 3.54. The number of carbonyl (C=O) groups is 1. The fourth-order valence-corrected chi connectivity index (χ4v) is 4.73. The quantitative estimate of drug-likeness (QED) is 0.645. The molecule has 4 heterocycles. The highest BCUT2D eigenvalue weighted by Crippen LogP contribution is 2.34. The van der Waals surface area contributed by atoms with Crippen LogP contribution in [-0.4, -0.2) is 46.7 Å². The summed E-state index contributed by atoms with van der Waals surface area (Å²) in [6, 6.07) is 4.27. The number of hydrogen-bond donors (Lipinski definition) is 1. The monoisotopic (exact) mass is 428 g/mol. The van der Waals surface area contributed by atoms with E-state index in [1.807, 2.05) is 4.90 Å². The van der Waals surface area contributed by atoms with E-state index in [2.05, 4.69) is 15.0 Å². The van der Waals surface area contributed by atoms with E-state index in [-0.39, 0.29) is 11.6 Å². The molecule has 1 aromatic carbocycles. The number of amides is 1. The Kier molecular flexibility index (Phi) is 4.58. The Morgan fingerprint density at radius 2 is 2.00 bits per heavy atom. The first-order valence-corrected chi connectivity index (χ1v) is 10.4. The summed E-state index contributed by atoms with van der Waals surface area (Å²) in [4.78, 5) is 30.2. The molecule has 154 valence electrons. The summed E-state index contributed by atoms with van der Waals surface area (Å²) < 4.78 is 26.9. The fourth-order valence-electron chi connectivity index (χ4n) is 3.69. The Morgan fingerprint density at radius 1 is 1.20 bits per heavy atom. The van der Waals surface area contributed by atoms with Crippen molar-refractivity contribution in [3.63, 3.8) is 0 Å². The molecule has 0 saturated carbocycles. The van der Waals surface area contributed by atoms with Crippen LogP contribution in [0.1, 0.15) is 21.8 Å². The second kappa shape index (κ2) is 7.28. The minimum atomic E-state index is -0.843. The van der Waals surface area contributed by atoms with Gasteiger partial charge in [-0.05, 0) is 24.6 Å². The lowest BCUT2D eigenvalue weighted by Crippen LogP contribution is -2.37. The topological polar surface area (TPSA) is 88.2 Å². The van der Waals surface area contributed by atoms with Crippen molar-refractivity contribution in [2.75, 3.05) is 35.2 Å². The SMILES string of the molecule is Nc1cc(N2CCc3nc(-c4cnc(N5CCC(F)C5)nc4)sc3C2=O)ccc1F. The molecule has 7 nitrogen and oxygen atoms in total. The molecule has 3 aromatic rings. The van der Waals surface area contributed by atoms with Gasteiger partial charge in [0.05, 0.1) is 17.9 Å². The number of nitrogen functional groups attached to an aromatic ring is 1. The maximum atomic E-state index is 13.5. The highest BCUT2D eigenvalue weighted by molar-refractivity contribution is 7.17. The highest BCUT2D eigenvalue weighted by atomic mass is 32.1. The second-order valence-electron chi connectivity index (χ2n) is 7.31. The number of aromatic nitrogens is 3. The number of rotatable bonds is 3. The van der Waals surface area contributed by atoms with Crippen LogP contribution in [0.4, 0.5) is 26.1 Å². The highest BCUT2D eigenvalue weighted by Gasteiger charge is 2.30. The molecule has 10 heteroatoms. The number of carbonyl (C=O) groups excluding carboxylic acids is 1. The van der Waals surface area contributed by atoms with Crippen LogP contribution in [0.25, 0.3) is 10.6 Å². The molecule has 1 amide bonds. The van der Waals surface area contributed by atoms with E-state index in [4.69, 9.17) is 5.73 Å². The molecule has 0 radical (unpaired) electrons. The molecule has 2 N–H and O–H groups in total. The van der Waals surface area contributed by atoms with Crippen molar-refractivity contribution in [2.24, 2.45) is 0 Å². The number of halogens is 2. The van der Waals surface area contributed by atoms with Gasteiger partial charge < -0.3 is 15.5 Å². The first kappa shape index (κ1) is 18.9. The smallest absolute Gasteiger partial charge is 0.270 e. The van der Waals surface area contributed by atoms with Gasteiger partial charge in [-0.3, -0.25) is 4.79 Å². The van der Waals surface area contributed by atoms with Gasteiger partial charge in [0.1, 0.15) is 21.9 Å². The average Bonchev–Trinajstić information content (AvgIpc) is 3.38. The molecule has 30 heavy (non-hydrogen) atoms. The van der Waals surface area contributed by atoms with Crippen molar-refractivity contribution >= 4 is 34.6 Å². The van der Waals surface area contributed by atoms with Crippen LogP contribution >= 0.6 is 11.3 Å². The third-order valence-electron chi connectivity index (χ3n) is 5.30. The van der Waals surface area contributed by atoms with Gasteiger partial charge >= 0.3 is 0 Å². The van der Waals surface area contributed by atoms with Gasteiger partial charge in [0.15, 0.2) is 0 Å². The summed E-state index contributed by atoms with van der Waals surface area (Å²) in [5, 5.41) is 0.658. The number of nitrogens with zero attached hydrogens (tertiary/aromatic N) is 5. The molecular formula is C20H18F2N6OS. The fraction of sp³-hybridized carbons (Fsp3) is 0.300. The molecule has 1 saturated heterocycles. The van der Waals surface area contributed by atoms with Gasteiger partial charge in [-0.15, -0.1) is 11.3 Å². The molecule has 1 unspecified atom stereocenters. The van der Waals surface area contributed by atoms with Crippen LogP contribution in [0.3, 0.4) is 0 Å². The van der Waals surface area contributed by atoms with Crippen LogP contribution in [0.15, 0.2) is 30.6 Å². The van der Waals surface area contributed by atoms with Crippen molar-refractivity contribution in [3.8, 4) is 10.6 Å². The van der Waals surface area contributed by atoms with Crippen LogP contribution in [-0.2, 0) is 6.42 Å². The lowest BCUT2D eigenvalue weighted by atomic mass is 10.1. The van der Waals surface area contributed by atoms with Gasteiger partial charge in [-0.2, -0.15) is 0 Å². The number of alkyl halides is 1. The molecule has 1 fully saturated rings. The molecule has 0 spiro atoms. The van der Waals surface area contributed by atoms with Gasteiger partial charge in [0, 0.05) is 43.2 Å². The normalized spacial score (nSPS) is 18.7. The first-order chi connectivity index (χ1) is 14.5. The van der Waals surface area contributed by atoms with Crippen molar-refractivity contribution < 1.29 is 13.6 Å². The third-order valence-corrected chi connectivity index (χ3v) is 6.43.